The molecule has 0 fully saturated rings. The molecule has 1 aliphatic rings. The molecule has 0 aromatic carbocycles. The largest absolute Gasteiger partial charge is 0.367 e. The number of nitrogens with zero attached hydrogens (tertiary/aromatic N) is 1. The molecule has 9 heteroatoms. The lowest BCUT2D eigenvalue weighted by molar-refractivity contribution is -0.168. The molecule has 0 amide bonds. The summed E-state index contributed by atoms with van der Waals surface area (Å²) in [6, 6.07) is 0. The maximum Gasteiger partial charge on any atom is 0.330 e. The molecule has 20 heavy (non-hydrogen) atoms. The Kier molecular flexibility index (Phi) is 4.39. The van der Waals surface area contributed by atoms with Crippen molar-refractivity contribution >= 4 is 0 Å². The van der Waals surface area contributed by atoms with E-state index in [1.165, 1.54) is 0 Å². The molecule has 0 atom stereocenters. The molecule has 5 nitrogen and oxygen atoms in total. The molecule has 0 aliphatic carbocycles. The van der Waals surface area contributed by atoms with Crippen LogP contribution in [-0.4, -0.2) is 35.5 Å². The zero-order valence-electron chi connectivity index (χ0n) is 10.4. The van der Waals surface area contributed by atoms with E-state index in [1.54, 1.807) is 0 Å². The Hall–Kier alpha value is -1.48. The average molecular weight is 295 g/mol. The summed E-state index contributed by atoms with van der Waals surface area (Å²) in [7, 11) is 0. The van der Waals surface area contributed by atoms with E-state index in [0.29, 0.717) is 30.8 Å². The second kappa shape index (κ2) is 5.88. The molecule has 0 bridgehead atoms. The summed E-state index contributed by atoms with van der Waals surface area (Å²) in [6.07, 6.45) is -3.25. The van der Waals surface area contributed by atoms with Gasteiger partial charge in [-0.3, -0.25) is 4.79 Å². The lowest BCUT2D eigenvalue weighted by Gasteiger charge is -2.17. The van der Waals surface area contributed by atoms with Gasteiger partial charge in [-0.25, -0.2) is 13.8 Å². The number of hydrogen-bond donors (Lipinski definition) is 2. The van der Waals surface area contributed by atoms with Crippen LogP contribution in [0.25, 0.3) is 0 Å². The SMILES string of the molecule is O=c1[nH]c(COCC(F)(F)C(F)F)nc2c1CNCC2. The van der Waals surface area contributed by atoms with Crippen LogP contribution in [0.4, 0.5) is 17.6 Å². The summed E-state index contributed by atoms with van der Waals surface area (Å²) in [5.41, 5.74) is 0.700. The van der Waals surface area contributed by atoms with Crippen LogP contribution in [0.5, 0.6) is 0 Å². The van der Waals surface area contributed by atoms with E-state index < -0.39 is 25.6 Å². The van der Waals surface area contributed by atoms with Crippen LogP contribution in [-0.2, 0) is 24.3 Å². The summed E-state index contributed by atoms with van der Waals surface area (Å²) < 4.78 is 53.6. The third-order valence-electron chi connectivity index (χ3n) is 2.84. The third-order valence-corrected chi connectivity index (χ3v) is 2.84. The normalized spacial score (nSPS) is 15.4. The number of H-pyrrole nitrogens is 1. The molecule has 1 aromatic heterocycles. The Morgan fingerprint density at radius 3 is 2.85 bits per heavy atom. The van der Waals surface area contributed by atoms with Crippen molar-refractivity contribution in [1.82, 2.24) is 15.3 Å². The average Bonchev–Trinajstić information content (AvgIpc) is 2.38. The Balaban J connectivity index is 2.01. The summed E-state index contributed by atoms with van der Waals surface area (Å²) in [5.74, 6) is -4.15. The zero-order valence-corrected chi connectivity index (χ0v) is 10.4. The highest BCUT2D eigenvalue weighted by atomic mass is 19.3. The molecule has 112 valence electrons. The van der Waals surface area contributed by atoms with Crippen LogP contribution in [0.3, 0.4) is 0 Å². The van der Waals surface area contributed by atoms with Crippen LogP contribution in [0.1, 0.15) is 17.1 Å². The van der Waals surface area contributed by atoms with Crippen molar-refractivity contribution in [3.8, 4) is 0 Å². The summed E-state index contributed by atoms with van der Waals surface area (Å²) in [5, 5.41) is 3.00. The van der Waals surface area contributed by atoms with Crippen LogP contribution in [0, 0.1) is 0 Å². The van der Waals surface area contributed by atoms with E-state index in [1.807, 2.05) is 0 Å². The van der Waals surface area contributed by atoms with Gasteiger partial charge in [-0.05, 0) is 0 Å². The monoisotopic (exact) mass is 295 g/mol. The van der Waals surface area contributed by atoms with Gasteiger partial charge in [0.1, 0.15) is 19.0 Å². The maximum atomic E-state index is 12.6. The van der Waals surface area contributed by atoms with Gasteiger partial charge in [-0.2, -0.15) is 8.78 Å². The van der Waals surface area contributed by atoms with E-state index in [9.17, 15) is 22.4 Å². The fourth-order valence-corrected chi connectivity index (χ4v) is 1.82. The first-order valence-corrected chi connectivity index (χ1v) is 5.95. The predicted molar refractivity (Wildman–Crippen MR) is 60.9 cm³/mol. The fraction of sp³-hybridized carbons (Fsp3) is 0.636. The van der Waals surface area contributed by atoms with Crippen molar-refractivity contribution in [3.63, 3.8) is 0 Å². The number of halogens is 4. The van der Waals surface area contributed by atoms with Gasteiger partial charge in [0, 0.05) is 19.5 Å². The first-order chi connectivity index (χ1) is 9.40. The van der Waals surface area contributed by atoms with Crippen LogP contribution in [0.2, 0.25) is 0 Å². The van der Waals surface area contributed by atoms with Crippen molar-refractivity contribution in [1.29, 1.82) is 0 Å². The fourth-order valence-electron chi connectivity index (χ4n) is 1.82. The molecular weight excluding hydrogens is 282 g/mol. The molecule has 0 unspecified atom stereocenters. The minimum absolute atomic E-state index is 0.0562. The molecule has 2 rings (SSSR count). The van der Waals surface area contributed by atoms with Gasteiger partial charge in [0.15, 0.2) is 0 Å². The van der Waals surface area contributed by atoms with Crippen LogP contribution >= 0.6 is 0 Å². The molecule has 0 radical (unpaired) electrons. The molecule has 2 N–H and O–H groups in total. The van der Waals surface area contributed by atoms with E-state index in [0.717, 1.165) is 0 Å². The van der Waals surface area contributed by atoms with Crippen molar-refractivity contribution in [3.05, 3.63) is 27.4 Å². The lowest BCUT2D eigenvalue weighted by atomic mass is 10.1. The first-order valence-electron chi connectivity index (χ1n) is 5.95. The van der Waals surface area contributed by atoms with Crippen molar-refractivity contribution in [2.24, 2.45) is 0 Å². The Morgan fingerprint density at radius 1 is 1.40 bits per heavy atom. The maximum absolute atomic E-state index is 12.6. The number of alkyl halides is 4. The van der Waals surface area contributed by atoms with E-state index >= 15 is 0 Å². The minimum Gasteiger partial charge on any atom is -0.367 e. The molecule has 1 aromatic rings. The predicted octanol–water partition coefficient (Wildman–Crippen LogP) is 0.833. The van der Waals surface area contributed by atoms with Gasteiger partial charge in [0.05, 0.1) is 11.3 Å². The molecule has 2 heterocycles. The number of aromatic nitrogens is 2. The van der Waals surface area contributed by atoms with Crippen LogP contribution < -0.4 is 10.9 Å². The smallest absolute Gasteiger partial charge is 0.330 e. The number of ether oxygens (including phenoxy) is 1. The Bertz CT molecular complexity index is 533. The first kappa shape index (κ1) is 14.9. The third kappa shape index (κ3) is 3.34. The van der Waals surface area contributed by atoms with E-state index in [4.69, 9.17) is 0 Å². The summed E-state index contributed by atoms with van der Waals surface area (Å²) in [6.45, 7) is -0.819. The number of rotatable bonds is 5. The Morgan fingerprint density at radius 2 is 2.15 bits per heavy atom. The van der Waals surface area contributed by atoms with Crippen LogP contribution in [0.15, 0.2) is 4.79 Å². The number of hydrogen-bond acceptors (Lipinski definition) is 4. The quantitative estimate of drug-likeness (QED) is 0.790. The second-order valence-corrected chi connectivity index (χ2v) is 4.42. The van der Waals surface area contributed by atoms with Gasteiger partial charge in [0.25, 0.3) is 5.56 Å². The topological polar surface area (TPSA) is 67.0 Å². The lowest BCUT2D eigenvalue weighted by Crippen LogP contribution is -2.34. The zero-order chi connectivity index (χ0) is 14.8. The minimum atomic E-state index is -4.21. The van der Waals surface area contributed by atoms with Gasteiger partial charge < -0.3 is 15.0 Å². The van der Waals surface area contributed by atoms with Crippen molar-refractivity contribution < 1.29 is 22.3 Å². The van der Waals surface area contributed by atoms with Crippen molar-refractivity contribution in [2.75, 3.05) is 13.2 Å². The summed E-state index contributed by atoms with van der Waals surface area (Å²) >= 11 is 0. The molecular formula is C11H13F4N3O2. The summed E-state index contributed by atoms with van der Waals surface area (Å²) in [4.78, 5) is 18.2. The van der Waals surface area contributed by atoms with Gasteiger partial charge in [0.2, 0.25) is 0 Å². The number of nitrogens with one attached hydrogen (secondary N) is 2. The second-order valence-electron chi connectivity index (χ2n) is 4.42. The highest BCUT2D eigenvalue weighted by Crippen LogP contribution is 2.23. The van der Waals surface area contributed by atoms with Gasteiger partial charge in [-0.1, -0.05) is 0 Å². The Labute approximate surface area is 111 Å². The van der Waals surface area contributed by atoms with Gasteiger partial charge >= 0.3 is 12.3 Å². The number of aromatic amines is 1. The highest BCUT2D eigenvalue weighted by molar-refractivity contribution is 5.20. The molecule has 0 saturated heterocycles. The standard InChI is InChI=1S/C11H13F4N3O2/c12-10(13)11(14,15)5-20-4-8-17-7-1-2-16-3-6(7)9(19)18-8/h10,16H,1-5H2,(H,17,18,19). The van der Waals surface area contributed by atoms with E-state index in [2.05, 4.69) is 20.0 Å². The van der Waals surface area contributed by atoms with Crippen molar-refractivity contribution in [2.45, 2.75) is 31.9 Å². The molecule has 0 saturated carbocycles. The molecule has 0 spiro atoms. The van der Waals surface area contributed by atoms with Gasteiger partial charge in [-0.15, -0.1) is 0 Å². The molecule has 1 aliphatic heterocycles. The number of fused-ring (bicyclic) bond motifs is 1. The highest BCUT2D eigenvalue weighted by Gasteiger charge is 2.41. The van der Waals surface area contributed by atoms with E-state index in [-0.39, 0.29) is 11.4 Å².